The normalized spacial score (nSPS) is 10.2. The van der Waals surface area contributed by atoms with Crippen molar-refractivity contribution in [2.75, 3.05) is 25.6 Å². The molecule has 0 aliphatic heterocycles. The van der Waals surface area contributed by atoms with Crippen molar-refractivity contribution < 1.29 is 32.6 Å². The van der Waals surface area contributed by atoms with Crippen molar-refractivity contribution >= 4 is 23.5 Å². The molecule has 9 heteroatoms. The Balaban J connectivity index is 1.63. The van der Waals surface area contributed by atoms with E-state index in [9.17, 15) is 23.2 Å². The molecule has 0 aliphatic carbocycles. The summed E-state index contributed by atoms with van der Waals surface area (Å²) in [6.07, 6.45) is 0.190. The standard InChI is InChI=1S/C20H20F2N2O5/c1-28-15-7-5-14(6-8-15)24-18(25)12-29-19(26)3-2-10-23-20(27)16-9-4-13(21)11-17(16)22/h4-9,11H,2-3,10,12H2,1H3,(H,23,27)(H,24,25). The number of halogens is 2. The van der Waals surface area contributed by atoms with Gasteiger partial charge in [-0.25, -0.2) is 8.78 Å². The lowest BCUT2D eigenvalue weighted by Gasteiger charge is -2.08. The highest BCUT2D eigenvalue weighted by Crippen LogP contribution is 2.14. The zero-order chi connectivity index (χ0) is 21.2. The summed E-state index contributed by atoms with van der Waals surface area (Å²) in [6.45, 7) is -0.360. The van der Waals surface area contributed by atoms with Crippen LogP contribution >= 0.6 is 0 Å². The molecule has 0 saturated carbocycles. The zero-order valence-electron chi connectivity index (χ0n) is 15.7. The van der Waals surface area contributed by atoms with Crippen molar-refractivity contribution in [2.24, 2.45) is 0 Å². The highest BCUT2D eigenvalue weighted by Gasteiger charge is 2.13. The minimum atomic E-state index is -0.968. The van der Waals surface area contributed by atoms with Crippen LogP contribution in [0.2, 0.25) is 0 Å². The van der Waals surface area contributed by atoms with Crippen LogP contribution in [0.5, 0.6) is 5.75 Å². The third-order valence-electron chi connectivity index (χ3n) is 3.76. The lowest BCUT2D eigenvalue weighted by molar-refractivity contribution is -0.147. The fraction of sp³-hybridized carbons (Fsp3) is 0.250. The predicted molar refractivity (Wildman–Crippen MR) is 101 cm³/mol. The molecule has 2 rings (SSSR count). The molecule has 7 nitrogen and oxygen atoms in total. The van der Waals surface area contributed by atoms with E-state index in [2.05, 4.69) is 10.6 Å². The van der Waals surface area contributed by atoms with Crippen LogP contribution in [0, 0.1) is 11.6 Å². The van der Waals surface area contributed by atoms with Crippen molar-refractivity contribution in [2.45, 2.75) is 12.8 Å². The molecule has 0 atom stereocenters. The highest BCUT2D eigenvalue weighted by molar-refractivity contribution is 5.94. The van der Waals surface area contributed by atoms with Crippen molar-refractivity contribution in [3.05, 3.63) is 59.7 Å². The van der Waals surface area contributed by atoms with Crippen LogP contribution in [-0.4, -0.2) is 38.0 Å². The second-order valence-corrected chi connectivity index (χ2v) is 5.92. The maximum absolute atomic E-state index is 13.5. The maximum atomic E-state index is 13.5. The summed E-state index contributed by atoms with van der Waals surface area (Å²) in [5.74, 6) is -2.93. The van der Waals surface area contributed by atoms with Crippen molar-refractivity contribution in [1.29, 1.82) is 0 Å². The van der Waals surface area contributed by atoms with Crippen molar-refractivity contribution in [3.63, 3.8) is 0 Å². The van der Waals surface area contributed by atoms with Crippen LogP contribution < -0.4 is 15.4 Å². The first kappa shape index (κ1) is 21.8. The van der Waals surface area contributed by atoms with Gasteiger partial charge in [0.05, 0.1) is 12.7 Å². The number of carbonyl (C=O) groups excluding carboxylic acids is 3. The first-order valence-electron chi connectivity index (χ1n) is 8.72. The molecule has 0 aliphatic rings. The Morgan fingerprint density at radius 2 is 1.76 bits per heavy atom. The third-order valence-corrected chi connectivity index (χ3v) is 3.76. The zero-order valence-corrected chi connectivity index (χ0v) is 15.7. The van der Waals surface area contributed by atoms with Crippen LogP contribution in [0.25, 0.3) is 0 Å². The number of ether oxygens (including phenoxy) is 2. The summed E-state index contributed by atoms with van der Waals surface area (Å²) in [5.41, 5.74) is 0.242. The Kier molecular flexibility index (Phi) is 8.08. The molecule has 0 fully saturated rings. The quantitative estimate of drug-likeness (QED) is 0.493. The summed E-state index contributed by atoms with van der Waals surface area (Å²) in [5, 5.41) is 4.99. The van der Waals surface area contributed by atoms with E-state index in [1.807, 2.05) is 0 Å². The number of methoxy groups -OCH3 is 1. The molecular formula is C20H20F2N2O5. The Morgan fingerprint density at radius 3 is 2.41 bits per heavy atom. The summed E-state index contributed by atoms with van der Waals surface area (Å²) < 4.78 is 36.2. The number of hydrogen-bond donors (Lipinski definition) is 2. The van der Waals surface area contributed by atoms with E-state index in [4.69, 9.17) is 9.47 Å². The van der Waals surface area contributed by atoms with Gasteiger partial charge in [-0.2, -0.15) is 0 Å². The Hall–Kier alpha value is -3.49. The first-order chi connectivity index (χ1) is 13.9. The van der Waals surface area contributed by atoms with Gasteiger partial charge in [0.25, 0.3) is 11.8 Å². The van der Waals surface area contributed by atoms with Gasteiger partial charge in [0, 0.05) is 24.7 Å². The number of amides is 2. The molecule has 0 saturated heterocycles. The summed E-state index contributed by atoms with van der Waals surface area (Å²) in [4.78, 5) is 35.2. The topological polar surface area (TPSA) is 93.7 Å². The molecule has 2 aromatic carbocycles. The smallest absolute Gasteiger partial charge is 0.306 e. The monoisotopic (exact) mass is 406 g/mol. The molecular weight excluding hydrogens is 386 g/mol. The Labute approximate surface area is 166 Å². The molecule has 29 heavy (non-hydrogen) atoms. The second-order valence-electron chi connectivity index (χ2n) is 5.92. The largest absolute Gasteiger partial charge is 0.497 e. The van der Waals surface area contributed by atoms with Gasteiger partial charge < -0.3 is 20.1 Å². The average molecular weight is 406 g/mol. The van der Waals surface area contributed by atoms with E-state index in [-0.39, 0.29) is 24.9 Å². The Bertz CT molecular complexity index is 872. The van der Waals surface area contributed by atoms with Gasteiger partial charge in [0.15, 0.2) is 6.61 Å². The first-order valence-corrected chi connectivity index (χ1v) is 8.72. The molecule has 0 unspecified atom stereocenters. The van der Waals surface area contributed by atoms with Gasteiger partial charge in [0.2, 0.25) is 0 Å². The predicted octanol–water partition coefficient (Wildman–Crippen LogP) is 2.67. The van der Waals surface area contributed by atoms with E-state index in [1.165, 1.54) is 7.11 Å². The minimum Gasteiger partial charge on any atom is -0.497 e. The third kappa shape index (κ3) is 7.21. The van der Waals surface area contributed by atoms with Gasteiger partial charge in [-0.1, -0.05) is 0 Å². The maximum Gasteiger partial charge on any atom is 0.306 e. The lowest BCUT2D eigenvalue weighted by atomic mass is 10.2. The number of anilines is 1. The number of benzene rings is 2. The molecule has 2 amide bonds. The molecule has 154 valence electrons. The van der Waals surface area contributed by atoms with Gasteiger partial charge in [0.1, 0.15) is 17.4 Å². The average Bonchev–Trinajstić information content (AvgIpc) is 2.70. The number of carbonyl (C=O) groups is 3. The molecule has 0 heterocycles. The number of nitrogens with one attached hydrogen (secondary N) is 2. The number of esters is 1. The Morgan fingerprint density at radius 1 is 1.03 bits per heavy atom. The summed E-state index contributed by atoms with van der Waals surface area (Å²) >= 11 is 0. The van der Waals surface area contributed by atoms with Crippen molar-refractivity contribution in [1.82, 2.24) is 5.32 Å². The summed E-state index contributed by atoms with van der Waals surface area (Å²) in [6, 6.07) is 9.27. The SMILES string of the molecule is COc1ccc(NC(=O)COC(=O)CCCNC(=O)c2ccc(F)cc2F)cc1. The van der Waals surface area contributed by atoms with Crippen LogP contribution in [0.15, 0.2) is 42.5 Å². The summed E-state index contributed by atoms with van der Waals surface area (Å²) in [7, 11) is 1.53. The van der Waals surface area contributed by atoms with Crippen LogP contribution in [0.1, 0.15) is 23.2 Å². The molecule has 0 aromatic heterocycles. The molecule has 0 spiro atoms. The minimum absolute atomic E-state index is 0.0397. The molecule has 0 radical (unpaired) electrons. The van der Waals surface area contributed by atoms with E-state index in [0.717, 1.165) is 12.1 Å². The van der Waals surface area contributed by atoms with Crippen LogP contribution in [0.3, 0.4) is 0 Å². The van der Waals surface area contributed by atoms with Crippen LogP contribution in [-0.2, 0) is 14.3 Å². The number of rotatable bonds is 9. The van der Waals surface area contributed by atoms with E-state index in [0.29, 0.717) is 17.5 Å². The second kappa shape index (κ2) is 10.7. The van der Waals surface area contributed by atoms with E-state index >= 15 is 0 Å². The molecule has 2 N–H and O–H groups in total. The van der Waals surface area contributed by atoms with Gasteiger partial charge in [-0.3, -0.25) is 14.4 Å². The van der Waals surface area contributed by atoms with E-state index < -0.39 is 36.0 Å². The van der Waals surface area contributed by atoms with Gasteiger partial charge in [-0.15, -0.1) is 0 Å². The van der Waals surface area contributed by atoms with Crippen LogP contribution in [0.4, 0.5) is 14.5 Å². The van der Waals surface area contributed by atoms with Crippen molar-refractivity contribution in [3.8, 4) is 5.75 Å². The van der Waals surface area contributed by atoms with Gasteiger partial charge in [-0.05, 0) is 42.8 Å². The highest BCUT2D eigenvalue weighted by atomic mass is 19.1. The fourth-order valence-corrected chi connectivity index (χ4v) is 2.29. The fourth-order valence-electron chi connectivity index (χ4n) is 2.29. The molecule has 2 aromatic rings. The number of hydrogen-bond acceptors (Lipinski definition) is 5. The molecule has 0 bridgehead atoms. The van der Waals surface area contributed by atoms with Gasteiger partial charge >= 0.3 is 5.97 Å². The lowest BCUT2D eigenvalue weighted by Crippen LogP contribution is -2.26. The van der Waals surface area contributed by atoms with E-state index in [1.54, 1.807) is 24.3 Å².